The maximum absolute atomic E-state index is 12.1. The fraction of sp³-hybridized carbons (Fsp3) is 0.824. The summed E-state index contributed by atoms with van der Waals surface area (Å²) in [6, 6.07) is 2.49. The summed E-state index contributed by atoms with van der Waals surface area (Å²) in [7, 11) is 0. The van der Waals surface area contributed by atoms with Crippen molar-refractivity contribution in [3.05, 3.63) is 0 Å². The van der Waals surface area contributed by atoms with Gasteiger partial charge in [0.15, 0.2) is 0 Å². The van der Waals surface area contributed by atoms with Crippen LogP contribution in [0, 0.1) is 16.7 Å². The molecular formula is C17H24F3N3O4. The topological polar surface area (TPSA) is 103 Å². The van der Waals surface area contributed by atoms with Crippen molar-refractivity contribution in [3.63, 3.8) is 0 Å². The van der Waals surface area contributed by atoms with E-state index in [0.29, 0.717) is 18.0 Å². The van der Waals surface area contributed by atoms with Crippen LogP contribution in [-0.2, 0) is 14.3 Å². The Bertz CT molecular complexity index is 577. The van der Waals surface area contributed by atoms with E-state index < -0.39 is 12.1 Å². The van der Waals surface area contributed by atoms with Gasteiger partial charge < -0.3 is 20.1 Å². The Labute approximate surface area is 155 Å². The number of likely N-dealkylation sites (tertiary alicyclic amines) is 1. The molecule has 0 radical (unpaired) electrons. The third-order valence-corrected chi connectivity index (χ3v) is 5.42. The maximum Gasteiger partial charge on any atom is 0.490 e. The van der Waals surface area contributed by atoms with Crippen molar-refractivity contribution >= 4 is 11.9 Å². The SMILES string of the molecule is N#C[C@@H]1CCCN1C(=O)CNC1CC2(CCOCC2)C1.O=C(O)C(F)(F)F. The summed E-state index contributed by atoms with van der Waals surface area (Å²) in [4.78, 5) is 22.7. The number of aliphatic carboxylic acids is 1. The Balaban J connectivity index is 0.000000321. The predicted molar refractivity (Wildman–Crippen MR) is 87.5 cm³/mol. The average Bonchev–Trinajstić information content (AvgIpc) is 3.07. The summed E-state index contributed by atoms with van der Waals surface area (Å²) < 4.78 is 37.2. The van der Waals surface area contributed by atoms with Crippen LogP contribution < -0.4 is 5.32 Å². The summed E-state index contributed by atoms with van der Waals surface area (Å²) in [5.41, 5.74) is 0.488. The first kappa shape index (κ1) is 21.4. The van der Waals surface area contributed by atoms with Gasteiger partial charge in [0.2, 0.25) is 5.91 Å². The number of rotatable bonds is 3. The van der Waals surface area contributed by atoms with Crippen molar-refractivity contribution in [1.29, 1.82) is 5.26 Å². The molecule has 2 N–H and O–H groups in total. The Morgan fingerprint density at radius 3 is 2.41 bits per heavy atom. The molecule has 1 atom stereocenters. The Hall–Kier alpha value is -1.86. The lowest BCUT2D eigenvalue weighted by Crippen LogP contribution is -2.53. The van der Waals surface area contributed by atoms with Crippen molar-refractivity contribution in [3.8, 4) is 6.07 Å². The number of carbonyl (C=O) groups excluding carboxylic acids is 1. The van der Waals surface area contributed by atoms with Gasteiger partial charge in [-0.2, -0.15) is 18.4 Å². The Morgan fingerprint density at radius 1 is 1.30 bits per heavy atom. The molecule has 27 heavy (non-hydrogen) atoms. The van der Waals surface area contributed by atoms with Crippen LogP contribution in [0.15, 0.2) is 0 Å². The average molecular weight is 391 g/mol. The molecule has 2 saturated heterocycles. The second-order valence-corrected chi connectivity index (χ2v) is 7.28. The number of amides is 1. The molecule has 0 aromatic heterocycles. The molecule has 152 valence electrons. The molecule has 1 saturated carbocycles. The van der Waals surface area contributed by atoms with Crippen molar-refractivity contribution in [2.75, 3.05) is 26.3 Å². The number of nitrogens with zero attached hydrogens (tertiary/aromatic N) is 2. The van der Waals surface area contributed by atoms with Crippen molar-refractivity contribution < 1.29 is 32.6 Å². The number of halogens is 3. The predicted octanol–water partition coefficient (Wildman–Crippen LogP) is 1.68. The molecule has 3 fully saturated rings. The molecule has 1 spiro atoms. The van der Waals surface area contributed by atoms with Crippen molar-refractivity contribution in [2.24, 2.45) is 5.41 Å². The number of alkyl halides is 3. The van der Waals surface area contributed by atoms with Gasteiger partial charge in [-0.25, -0.2) is 4.79 Å². The zero-order chi connectivity index (χ0) is 20.1. The normalized spacial score (nSPS) is 24.5. The minimum atomic E-state index is -5.08. The zero-order valence-corrected chi connectivity index (χ0v) is 14.9. The quantitative estimate of drug-likeness (QED) is 0.759. The molecule has 2 aliphatic heterocycles. The molecule has 0 aromatic carbocycles. The van der Waals surface area contributed by atoms with Crippen LogP contribution in [0.1, 0.15) is 38.5 Å². The van der Waals surface area contributed by atoms with Crippen LogP contribution in [0.25, 0.3) is 0 Å². The summed E-state index contributed by atoms with van der Waals surface area (Å²) in [5.74, 6) is -2.67. The summed E-state index contributed by atoms with van der Waals surface area (Å²) in [5, 5.41) is 19.5. The van der Waals surface area contributed by atoms with Gasteiger partial charge in [0, 0.05) is 25.8 Å². The third-order valence-electron chi connectivity index (χ3n) is 5.42. The van der Waals surface area contributed by atoms with E-state index in [2.05, 4.69) is 11.4 Å². The highest BCUT2D eigenvalue weighted by Crippen LogP contribution is 2.48. The van der Waals surface area contributed by atoms with E-state index in [1.807, 2.05) is 0 Å². The van der Waals surface area contributed by atoms with E-state index in [4.69, 9.17) is 19.9 Å². The van der Waals surface area contributed by atoms with Crippen LogP contribution in [0.5, 0.6) is 0 Å². The van der Waals surface area contributed by atoms with Crippen LogP contribution in [0.2, 0.25) is 0 Å². The highest BCUT2D eigenvalue weighted by Gasteiger charge is 2.44. The van der Waals surface area contributed by atoms with E-state index in [-0.39, 0.29) is 11.9 Å². The third kappa shape index (κ3) is 5.81. The fourth-order valence-corrected chi connectivity index (χ4v) is 3.88. The van der Waals surface area contributed by atoms with Gasteiger partial charge in [-0.05, 0) is 43.9 Å². The lowest BCUT2D eigenvalue weighted by Gasteiger charge is -2.50. The number of hydrogen-bond acceptors (Lipinski definition) is 5. The van der Waals surface area contributed by atoms with E-state index in [9.17, 15) is 18.0 Å². The van der Waals surface area contributed by atoms with Gasteiger partial charge >= 0.3 is 12.1 Å². The molecule has 3 rings (SSSR count). The summed E-state index contributed by atoms with van der Waals surface area (Å²) >= 11 is 0. The molecular weight excluding hydrogens is 367 g/mol. The molecule has 0 unspecified atom stereocenters. The van der Waals surface area contributed by atoms with Crippen LogP contribution in [0.3, 0.4) is 0 Å². The van der Waals surface area contributed by atoms with Gasteiger partial charge in [0.05, 0.1) is 12.6 Å². The van der Waals surface area contributed by atoms with Crippen molar-refractivity contribution in [2.45, 2.75) is 56.8 Å². The minimum Gasteiger partial charge on any atom is -0.475 e. The number of carboxylic acid groups (broad SMARTS) is 1. The van der Waals surface area contributed by atoms with Gasteiger partial charge in [-0.15, -0.1) is 0 Å². The lowest BCUT2D eigenvalue weighted by molar-refractivity contribution is -0.192. The molecule has 7 nitrogen and oxygen atoms in total. The van der Waals surface area contributed by atoms with E-state index >= 15 is 0 Å². The van der Waals surface area contributed by atoms with E-state index in [1.54, 1.807) is 4.90 Å². The molecule has 0 bridgehead atoms. The Morgan fingerprint density at radius 2 is 1.89 bits per heavy atom. The number of nitriles is 1. The van der Waals surface area contributed by atoms with Crippen LogP contribution >= 0.6 is 0 Å². The highest BCUT2D eigenvalue weighted by molar-refractivity contribution is 5.79. The minimum absolute atomic E-state index is 0.0852. The molecule has 0 aromatic rings. The summed E-state index contributed by atoms with van der Waals surface area (Å²) in [6.45, 7) is 2.91. The molecule has 3 aliphatic rings. The first-order valence-electron chi connectivity index (χ1n) is 8.97. The number of carbonyl (C=O) groups is 2. The lowest BCUT2D eigenvalue weighted by atomic mass is 9.61. The fourth-order valence-electron chi connectivity index (χ4n) is 3.88. The number of ether oxygens (including phenoxy) is 1. The van der Waals surface area contributed by atoms with Crippen molar-refractivity contribution in [1.82, 2.24) is 10.2 Å². The van der Waals surface area contributed by atoms with Gasteiger partial charge in [0.25, 0.3) is 0 Å². The standard InChI is InChI=1S/C15H23N3O2.C2HF3O2/c16-10-13-2-1-5-18(13)14(19)11-17-12-8-15(9-12)3-6-20-7-4-15;3-2(4,5)1(6)7/h12-13,17H,1-9,11H2;(H,6,7)/t13-;/m0./s1. The largest absolute Gasteiger partial charge is 0.490 e. The van der Waals surface area contributed by atoms with Crippen LogP contribution in [0.4, 0.5) is 13.2 Å². The maximum atomic E-state index is 12.1. The molecule has 1 amide bonds. The molecule has 1 aliphatic carbocycles. The molecule has 2 heterocycles. The van der Waals surface area contributed by atoms with Crippen LogP contribution in [-0.4, -0.2) is 66.4 Å². The second kappa shape index (κ2) is 8.89. The number of hydrogen-bond donors (Lipinski definition) is 2. The second-order valence-electron chi connectivity index (χ2n) is 7.28. The Kier molecular flexibility index (Phi) is 7.06. The zero-order valence-electron chi connectivity index (χ0n) is 14.9. The van der Waals surface area contributed by atoms with Gasteiger partial charge in [-0.3, -0.25) is 4.79 Å². The monoisotopic (exact) mass is 391 g/mol. The molecule has 10 heteroatoms. The van der Waals surface area contributed by atoms with Gasteiger partial charge in [-0.1, -0.05) is 0 Å². The summed E-state index contributed by atoms with van der Waals surface area (Å²) in [6.07, 6.45) is 1.38. The first-order valence-corrected chi connectivity index (χ1v) is 8.97. The van der Waals surface area contributed by atoms with E-state index in [1.165, 1.54) is 25.7 Å². The van der Waals surface area contributed by atoms with E-state index in [0.717, 1.165) is 32.6 Å². The smallest absolute Gasteiger partial charge is 0.475 e. The number of nitrogens with one attached hydrogen (secondary N) is 1. The first-order chi connectivity index (χ1) is 12.7. The highest BCUT2D eigenvalue weighted by atomic mass is 19.4. The van der Waals surface area contributed by atoms with Gasteiger partial charge in [0.1, 0.15) is 6.04 Å². The number of carboxylic acids is 1.